The second-order valence-corrected chi connectivity index (χ2v) is 6.90. The highest BCUT2D eigenvalue weighted by molar-refractivity contribution is 5.49. The average Bonchev–Trinajstić information content (AvgIpc) is 2.90. The number of nitrogens with zero attached hydrogens (tertiary/aromatic N) is 2. The summed E-state index contributed by atoms with van der Waals surface area (Å²) in [4.78, 5) is 6.91. The quantitative estimate of drug-likeness (QED) is 0.884. The number of piperidine rings is 2. The molecule has 5 nitrogen and oxygen atoms in total. The lowest BCUT2D eigenvalue weighted by molar-refractivity contribution is 0.162. The van der Waals surface area contributed by atoms with Crippen molar-refractivity contribution < 1.29 is 4.74 Å². The van der Waals surface area contributed by atoms with Gasteiger partial charge >= 0.3 is 0 Å². The lowest BCUT2D eigenvalue weighted by Crippen LogP contribution is -2.39. The lowest BCUT2D eigenvalue weighted by atomic mass is 9.97. The third kappa shape index (κ3) is 3.20. The predicted octanol–water partition coefficient (Wildman–Crippen LogP) is 1.40. The summed E-state index contributed by atoms with van der Waals surface area (Å²) in [5.74, 6) is 1.70. The van der Waals surface area contributed by atoms with Crippen LogP contribution in [0.5, 0.6) is 5.75 Å². The van der Waals surface area contributed by atoms with Crippen molar-refractivity contribution in [1.82, 2.24) is 15.6 Å². The smallest absolute Gasteiger partial charge is 0.140 e. The standard InChI is InChI=1S/C17H26N4O/c1-2-14-12-21(11-13(1)8-20-14)15-7-17(10-19-9-15)22-16-3-5-18-6-4-16/h7,9-10,13-14,16,18,20H,1-6,8,11-12H2. The number of hydrogen-bond acceptors (Lipinski definition) is 5. The van der Waals surface area contributed by atoms with Gasteiger partial charge in [-0.3, -0.25) is 4.98 Å². The summed E-state index contributed by atoms with van der Waals surface area (Å²) in [5.41, 5.74) is 1.21. The minimum absolute atomic E-state index is 0.334. The molecule has 1 aromatic heterocycles. The Labute approximate surface area is 132 Å². The van der Waals surface area contributed by atoms with E-state index in [9.17, 15) is 0 Å². The third-order valence-corrected chi connectivity index (χ3v) is 5.19. The van der Waals surface area contributed by atoms with Gasteiger partial charge in [-0.2, -0.15) is 0 Å². The van der Waals surface area contributed by atoms with E-state index in [1.807, 2.05) is 12.4 Å². The van der Waals surface area contributed by atoms with Crippen molar-refractivity contribution in [2.75, 3.05) is 37.6 Å². The van der Waals surface area contributed by atoms with Crippen molar-refractivity contribution >= 4 is 5.69 Å². The topological polar surface area (TPSA) is 49.4 Å². The molecule has 0 aromatic carbocycles. The summed E-state index contributed by atoms with van der Waals surface area (Å²) in [6.45, 7) is 5.51. The fraction of sp³-hybridized carbons (Fsp3) is 0.706. The molecule has 22 heavy (non-hydrogen) atoms. The SMILES string of the molecule is c1ncc(N2CC3CCC(C2)NC3)cc1OC1CCNCC1. The van der Waals surface area contributed by atoms with Crippen molar-refractivity contribution in [3.63, 3.8) is 0 Å². The van der Waals surface area contributed by atoms with E-state index in [1.165, 1.54) is 25.1 Å². The van der Waals surface area contributed by atoms with E-state index >= 15 is 0 Å². The Morgan fingerprint density at radius 3 is 2.82 bits per heavy atom. The van der Waals surface area contributed by atoms with Gasteiger partial charge in [-0.1, -0.05) is 0 Å². The molecule has 120 valence electrons. The van der Waals surface area contributed by atoms with Gasteiger partial charge in [0.05, 0.1) is 18.1 Å². The molecular formula is C17H26N4O. The Morgan fingerprint density at radius 2 is 2.00 bits per heavy atom. The predicted molar refractivity (Wildman–Crippen MR) is 87.5 cm³/mol. The van der Waals surface area contributed by atoms with Gasteiger partial charge in [0.2, 0.25) is 0 Å². The van der Waals surface area contributed by atoms with Gasteiger partial charge < -0.3 is 20.3 Å². The number of anilines is 1. The molecule has 0 saturated carbocycles. The highest BCUT2D eigenvalue weighted by Gasteiger charge is 2.29. The molecule has 2 N–H and O–H groups in total. The Morgan fingerprint density at radius 1 is 1.09 bits per heavy atom. The van der Waals surface area contributed by atoms with Gasteiger partial charge in [-0.15, -0.1) is 0 Å². The van der Waals surface area contributed by atoms with Gasteiger partial charge in [-0.05, 0) is 51.2 Å². The summed E-state index contributed by atoms with van der Waals surface area (Å²) in [6.07, 6.45) is 9.01. The molecule has 0 aliphatic carbocycles. The van der Waals surface area contributed by atoms with Crippen LogP contribution in [0.3, 0.4) is 0 Å². The van der Waals surface area contributed by atoms with E-state index in [2.05, 4.69) is 26.6 Å². The van der Waals surface area contributed by atoms with Crippen LogP contribution in [-0.2, 0) is 0 Å². The van der Waals surface area contributed by atoms with Gasteiger partial charge in [0, 0.05) is 25.2 Å². The zero-order valence-electron chi connectivity index (χ0n) is 13.1. The molecule has 4 aliphatic rings. The number of rotatable bonds is 3. The minimum atomic E-state index is 0.334. The molecule has 4 fully saturated rings. The number of ether oxygens (including phenoxy) is 1. The normalized spacial score (nSPS) is 29.4. The average molecular weight is 302 g/mol. The van der Waals surface area contributed by atoms with Crippen LogP contribution in [0.25, 0.3) is 0 Å². The second kappa shape index (κ2) is 6.42. The van der Waals surface area contributed by atoms with Crippen LogP contribution in [0, 0.1) is 5.92 Å². The number of hydrogen-bond donors (Lipinski definition) is 2. The van der Waals surface area contributed by atoms with Crippen molar-refractivity contribution in [2.45, 2.75) is 37.8 Å². The molecule has 2 bridgehead atoms. The maximum atomic E-state index is 6.14. The molecular weight excluding hydrogens is 276 g/mol. The molecule has 4 aliphatic heterocycles. The van der Waals surface area contributed by atoms with Crippen LogP contribution in [0.15, 0.2) is 18.5 Å². The van der Waals surface area contributed by atoms with Gasteiger partial charge in [0.25, 0.3) is 0 Å². The van der Waals surface area contributed by atoms with E-state index < -0.39 is 0 Å². The van der Waals surface area contributed by atoms with Crippen molar-refractivity contribution in [2.24, 2.45) is 5.92 Å². The van der Waals surface area contributed by atoms with E-state index in [4.69, 9.17) is 4.74 Å². The number of fused-ring (bicyclic) bond motifs is 4. The van der Waals surface area contributed by atoms with Crippen LogP contribution < -0.4 is 20.3 Å². The molecule has 0 spiro atoms. The van der Waals surface area contributed by atoms with Crippen LogP contribution in [-0.4, -0.2) is 49.9 Å². The first-order valence-corrected chi connectivity index (χ1v) is 8.67. The molecule has 5 heteroatoms. The molecule has 1 aromatic rings. The molecule has 2 unspecified atom stereocenters. The second-order valence-electron chi connectivity index (χ2n) is 6.90. The molecule has 5 heterocycles. The maximum Gasteiger partial charge on any atom is 0.140 e. The van der Waals surface area contributed by atoms with E-state index in [0.29, 0.717) is 12.1 Å². The van der Waals surface area contributed by atoms with Crippen LogP contribution >= 0.6 is 0 Å². The Balaban J connectivity index is 1.46. The molecule has 5 rings (SSSR count). The molecule has 0 radical (unpaired) electrons. The molecule has 0 amide bonds. The number of aromatic nitrogens is 1. The minimum Gasteiger partial charge on any atom is -0.489 e. The third-order valence-electron chi connectivity index (χ3n) is 5.19. The lowest BCUT2D eigenvalue weighted by Gasteiger charge is -2.26. The summed E-state index contributed by atoms with van der Waals surface area (Å²) in [6, 6.07) is 2.81. The van der Waals surface area contributed by atoms with E-state index in [0.717, 1.165) is 50.7 Å². The summed E-state index contributed by atoms with van der Waals surface area (Å²) >= 11 is 0. The Kier molecular flexibility index (Phi) is 4.17. The van der Waals surface area contributed by atoms with E-state index in [1.54, 1.807) is 0 Å². The fourth-order valence-corrected chi connectivity index (χ4v) is 3.90. The summed E-state index contributed by atoms with van der Waals surface area (Å²) < 4.78 is 6.14. The number of pyridine rings is 1. The van der Waals surface area contributed by atoms with Crippen LogP contribution in [0.4, 0.5) is 5.69 Å². The zero-order chi connectivity index (χ0) is 14.8. The first kappa shape index (κ1) is 14.3. The first-order chi connectivity index (χ1) is 10.9. The van der Waals surface area contributed by atoms with Crippen molar-refractivity contribution in [3.05, 3.63) is 18.5 Å². The highest BCUT2D eigenvalue weighted by atomic mass is 16.5. The summed E-state index contributed by atoms with van der Waals surface area (Å²) in [5, 5.41) is 7.04. The van der Waals surface area contributed by atoms with Crippen LogP contribution in [0.2, 0.25) is 0 Å². The van der Waals surface area contributed by atoms with Gasteiger partial charge in [0.15, 0.2) is 0 Å². The maximum absolute atomic E-state index is 6.14. The monoisotopic (exact) mass is 302 g/mol. The molecule has 2 atom stereocenters. The number of nitrogens with one attached hydrogen (secondary N) is 2. The van der Waals surface area contributed by atoms with E-state index in [-0.39, 0.29) is 0 Å². The van der Waals surface area contributed by atoms with Crippen LogP contribution in [0.1, 0.15) is 25.7 Å². The Hall–Kier alpha value is -1.33. The first-order valence-electron chi connectivity index (χ1n) is 8.67. The highest BCUT2D eigenvalue weighted by Crippen LogP contribution is 2.28. The Bertz CT molecular complexity index is 481. The molecule has 4 saturated heterocycles. The fourth-order valence-electron chi connectivity index (χ4n) is 3.90. The van der Waals surface area contributed by atoms with Crippen molar-refractivity contribution in [3.8, 4) is 5.75 Å². The van der Waals surface area contributed by atoms with Crippen molar-refractivity contribution in [1.29, 1.82) is 0 Å². The van der Waals surface area contributed by atoms with Gasteiger partial charge in [0.1, 0.15) is 11.9 Å². The van der Waals surface area contributed by atoms with Gasteiger partial charge in [-0.25, -0.2) is 0 Å². The summed E-state index contributed by atoms with van der Waals surface area (Å²) in [7, 11) is 0. The zero-order valence-corrected chi connectivity index (χ0v) is 13.1. The largest absolute Gasteiger partial charge is 0.489 e.